The molecule has 3 nitrogen and oxygen atoms in total. The monoisotopic (exact) mass is 137 g/mol. The molecule has 0 bridgehead atoms. The smallest absolute Gasteiger partial charge is 0.0492 e. The first-order chi connectivity index (χ1) is 4.88. The number of nitrogens with one attached hydrogen (secondary N) is 1. The van der Waals surface area contributed by atoms with E-state index in [1.54, 1.807) is 0 Å². The number of aryl methyl sites for hydroxylation is 1. The molecule has 0 aromatic carbocycles. The number of rotatable bonds is 1. The summed E-state index contributed by atoms with van der Waals surface area (Å²) in [6, 6.07) is 2.09. The summed E-state index contributed by atoms with van der Waals surface area (Å²) in [5.41, 5.74) is 1.35. The lowest BCUT2D eigenvalue weighted by atomic mass is 10.00. The quantitative estimate of drug-likeness (QED) is 0.595. The van der Waals surface area contributed by atoms with Crippen LogP contribution in [0, 0.1) is 0 Å². The van der Waals surface area contributed by atoms with Gasteiger partial charge in [0.2, 0.25) is 0 Å². The molecule has 2 heterocycles. The van der Waals surface area contributed by atoms with Gasteiger partial charge in [-0.3, -0.25) is 4.68 Å². The van der Waals surface area contributed by atoms with Crippen LogP contribution in [0.15, 0.2) is 12.3 Å². The van der Waals surface area contributed by atoms with Crippen molar-refractivity contribution in [1.29, 1.82) is 0 Å². The van der Waals surface area contributed by atoms with Gasteiger partial charge in [-0.1, -0.05) is 0 Å². The van der Waals surface area contributed by atoms with Crippen molar-refractivity contribution in [2.45, 2.75) is 5.92 Å². The standard InChI is InChI=1S/C7H11N3/c1-10-7(2-3-9-10)6-4-8-5-6/h2-3,6,8H,4-5H2,1H3. The fraction of sp³-hybridized carbons (Fsp3) is 0.571. The average molecular weight is 137 g/mol. The third kappa shape index (κ3) is 0.743. The Morgan fingerprint density at radius 1 is 1.70 bits per heavy atom. The summed E-state index contributed by atoms with van der Waals surface area (Å²) >= 11 is 0. The highest BCUT2D eigenvalue weighted by Gasteiger charge is 2.20. The maximum absolute atomic E-state index is 4.11. The second kappa shape index (κ2) is 2.09. The van der Waals surface area contributed by atoms with Gasteiger partial charge in [0.25, 0.3) is 0 Å². The molecule has 10 heavy (non-hydrogen) atoms. The van der Waals surface area contributed by atoms with Crippen LogP contribution in [0.25, 0.3) is 0 Å². The van der Waals surface area contributed by atoms with Gasteiger partial charge in [-0.25, -0.2) is 0 Å². The Labute approximate surface area is 60.0 Å². The summed E-state index contributed by atoms with van der Waals surface area (Å²) in [6.07, 6.45) is 1.85. The van der Waals surface area contributed by atoms with E-state index < -0.39 is 0 Å². The molecule has 0 saturated carbocycles. The normalized spacial score (nSPS) is 18.9. The van der Waals surface area contributed by atoms with Crippen molar-refractivity contribution in [2.75, 3.05) is 13.1 Å². The molecular formula is C7H11N3. The lowest BCUT2D eigenvalue weighted by Crippen LogP contribution is -2.40. The van der Waals surface area contributed by atoms with Crippen molar-refractivity contribution >= 4 is 0 Å². The predicted molar refractivity (Wildman–Crippen MR) is 38.8 cm³/mol. The third-order valence-electron chi connectivity index (χ3n) is 2.06. The van der Waals surface area contributed by atoms with Crippen molar-refractivity contribution in [3.8, 4) is 0 Å². The zero-order valence-electron chi connectivity index (χ0n) is 6.04. The Morgan fingerprint density at radius 3 is 2.90 bits per heavy atom. The minimum absolute atomic E-state index is 0.701. The van der Waals surface area contributed by atoms with Gasteiger partial charge >= 0.3 is 0 Å². The largest absolute Gasteiger partial charge is 0.315 e. The van der Waals surface area contributed by atoms with Crippen LogP contribution in [0.1, 0.15) is 11.6 Å². The van der Waals surface area contributed by atoms with Gasteiger partial charge in [-0.05, 0) is 6.07 Å². The van der Waals surface area contributed by atoms with E-state index in [0.29, 0.717) is 5.92 Å². The molecule has 1 N–H and O–H groups in total. The molecule has 1 saturated heterocycles. The molecule has 1 fully saturated rings. The summed E-state index contributed by atoms with van der Waals surface area (Å²) in [6.45, 7) is 2.22. The second-order valence-corrected chi connectivity index (χ2v) is 2.73. The predicted octanol–water partition coefficient (Wildman–Crippen LogP) is 0.107. The molecular weight excluding hydrogens is 126 g/mol. The van der Waals surface area contributed by atoms with Crippen LogP contribution in [0.5, 0.6) is 0 Å². The highest BCUT2D eigenvalue weighted by Crippen LogP contribution is 2.17. The Bertz CT molecular complexity index is 225. The maximum atomic E-state index is 4.11. The topological polar surface area (TPSA) is 29.9 Å². The molecule has 1 aromatic rings. The molecule has 0 amide bonds. The first-order valence-corrected chi connectivity index (χ1v) is 3.56. The van der Waals surface area contributed by atoms with Crippen molar-refractivity contribution in [3.63, 3.8) is 0 Å². The van der Waals surface area contributed by atoms with E-state index in [1.165, 1.54) is 5.69 Å². The van der Waals surface area contributed by atoms with E-state index in [0.717, 1.165) is 13.1 Å². The lowest BCUT2D eigenvalue weighted by Gasteiger charge is -2.26. The summed E-state index contributed by atoms with van der Waals surface area (Å²) in [4.78, 5) is 0. The van der Waals surface area contributed by atoms with Crippen LogP contribution in [0.4, 0.5) is 0 Å². The number of aromatic nitrogens is 2. The molecule has 0 radical (unpaired) electrons. The maximum Gasteiger partial charge on any atom is 0.0492 e. The SMILES string of the molecule is Cn1nccc1C1CNC1. The average Bonchev–Trinajstić information content (AvgIpc) is 2.12. The van der Waals surface area contributed by atoms with Gasteiger partial charge in [0.15, 0.2) is 0 Å². The van der Waals surface area contributed by atoms with E-state index in [2.05, 4.69) is 16.5 Å². The summed E-state index contributed by atoms with van der Waals surface area (Å²) in [5.74, 6) is 0.701. The van der Waals surface area contributed by atoms with Gasteiger partial charge in [0.05, 0.1) is 0 Å². The van der Waals surface area contributed by atoms with Gasteiger partial charge < -0.3 is 5.32 Å². The van der Waals surface area contributed by atoms with Crippen LogP contribution < -0.4 is 5.32 Å². The summed E-state index contributed by atoms with van der Waals surface area (Å²) in [5, 5.41) is 7.34. The molecule has 3 heteroatoms. The van der Waals surface area contributed by atoms with Crippen LogP contribution in [-0.2, 0) is 7.05 Å². The molecule has 0 spiro atoms. The van der Waals surface area contributed by atoms with E-state index in [4.69, 9.17) is 0 Å². The molecule has 0 aliphatic carbocycles. The van der Waals surface area contributed by atoms with Crippen LogP contribution in [0.3, 0.4) is 0 Å². The van der Waals surface area contributed by atoms with Gasteiger partial charge in [-0.15, -0.1) is 0 Å². The van der Waals surface area contributed by atoms with Crippen LogP contribution in [0.2, 0.25) is 0 Å². The molecule has 0 unspecified atom stereocenters. The van der Waals surface area contributed by atoms with Crippen LogP contribution in [-0.4, -0.2) is 22.9 Å². The second-order valence-electron chi connectivity index (χ2n) is 2.73. The molecule has 0 atom stereocenters. The fourth-order valence-corrected chi connectivity index (χ4v) is 1.28. The Kier molecular flexibility index (Phi) is 1.24. The Morgan fingerprint density at radius 2 is 2.50 bits per heavy atom. The lowest BCUT2D eigenvalue weighted by molar-refractivity contribution is 0.424. The summed E-state index contributed by atoms with van der Waals surface area (Å²) < 4.78 is 1.95. The van der Waals surface area contributed by atoms with E-state index >= 15 is 0 Å². The van der Waals surface area contributed by atoms with Gasteiger partial charge in [-0.2, -0.15) is 5.10 Å². The zero-order valence-corrected chi connectivity index (χ0v) is 6.04. The van der Waals surface area contributed by atoms with E-state index in [-0.39, 0.29) is 0 Å². The van der Waals surface area contributed by atoms with Crippen molar-refractivity contribution in [2.24, 2.45) is 7.05 Å². The minimum Gasteiger partial charge on any atom is -0.315 e. The fourth-order valence-electron chi connectivity index (χ4n) is 1.28. The molecule has 1 aliphatic heterocycles. The van der Waals surface area contributed by atoms with Gasteiger partial charge in [0.1, 0.15) is 0 Å². The number of nitrogens with zero attached hydrogens (tertiary/aromatic N) is 2. The first kappa shape index (κ1) is 5.92. The Hall–Kier alpha value is -0.830. The van der Waals surface area contributed by atoms with E-state index in [9.17, 15) is 0 Å². The van der Waals surface area contributed by atoms with Crippen LogP contribution >= 0.6 is 0 Å². The number of hydrogen-bond acceptors (Lipinski definition) is 2. The molecule has 1 aliphatic rings. The molecule has 2 rings (SSSR count). The number of hydrogen-bond donors (Lipinski definition) is 1. The Balaban J connectivity index is 2.23. The highest BCUT2D eigenvalue weighted by molar-refractivity contribution is 5.12. The van der Waals surface area contributed by atoms with Crippen molar-refractivity contribution < 1.29 is 0 Å². The van der Waals surface area contributed by atoms with E-state index in [1.807, 2.05) is 17.9 Å². The van der Waals surface area contributed by atoms with Crippen molar-refractivity contribution in [3.05, 3.63) is 18.0 Å². The van der Waals surface area contributed by atoms with Gasteiger partial charge in [0, 0.05) is 37.9 Å². The highest BCUT2D eigenvalue weighted by atomic mass is 15.3. The molecule has 54 valence electrons. The molecule has 1 aromatic heterocycles. The summed E-state index contributed by atoms with van der Waals surface area (Å²) in [7, 11) is 1.99. The minimum atomic E-state index is 0.701. The first-order valence-electron chi connectivity index (χ1n) is 3.56. The van der Waals surface area contributed by atoms with Crippen molar-refractivity contribution in [1.82, 2.24) is 15.1 Å². The third-order valence-corrected chi connectivity index (χ3v) is 2.06. The zero-order chi connectivity index (χ0) is 6.97.